The highest BCUT2D eigenvalue weighted by atomic mass is 32.2. The van der Waals surface area contributed by atoms with E-state index in [-0.39, 0.29) is 5.91 Å². The van der Waals surface area contributed by atoms with E-state index in [1.807, 2.05) is 11.6 Å². The molecule has 0 unspecified atom stereocenters. The minimum atomic E-state index is 0.270. The fourth-order valence-electron chi connectivity index (χ4n) is 4.17. The molecule has 0 bridgehead atoms. The summed E-state index contributed by atoms with van der Waals surface area (Å²) in [6.07, 6.45) is 7.16. The molecule has 1 amide bonds. The molecule has 1 heterocycles. The lowest BCUT2D eigenvalue weighted by atomic mass is 9.86. The molecule has 0 spiro atoms. The molecule has 150 valence electrons. The molecule has 28 heavy (non-hydrogen) atoms. The van der Waals surface area contributed by atoms with Crippen molar-refractivity contribution in [2.24, 2.45) is 13.0 Å². The van der Waals surface area contributed by atoms with E-state index in [4.69, 9.17) is 0 Å². The van der Waals surface area contributed by atoms with Crippen molar-refractivity contribution >= 4 is 17.7 Å². The first-order valence-corrected chi connectivity index (χ1v) is 11.4. The van der Waals surface area contributed by atoms with Crippen molar-refractivity contribution in [2.75, 3.05) is 5.75 Å². The lowest BCUT2D eigenvalue weighted by Crippen LogP contribution is -2.44. The van der Waals surface area contributed by atoms with Crippen LogP contribution in [0.4, 0.5) is 0 Å². The van der Waals surface area contributed by atoms with Crippen LogP contribution in [0.15, 0.2) is 29.4 Å². The monoisotopic (exact) mass is 398 g/mol. The number of carbonyl (C=O) groups excluding carboxylic acids is 1. The van der Waals surface area contributed by atoms with Crippen LogP contribution in [0.25, 0.3) is 11.4 Å². The van der Waals surface area contributed by atoms with E-state index in [9.17, 15) is 4.79 Å². The van der Waals surface area contributed by atoms with Gasteiger partial charge < -0.3 is 9.47 Å². The Morgan fingerprint density at radius 1 is 1.07 bits per heavy atom. The summed E-state index contributed by atoms with van der Waals surface area (Å²) in [5.41, 5.74) is 2.28. The number of hydrogen-bond donors (Lipinski definition) is 0. The highest BCUT2D eigenvalue weighted by Gasteiger charge is 2.38. The fraction of sp³-hybridized carbons (Fsp3) is 0.591. The summed E-state index contributed by atoms with van der Waals surface area (Å²) in [5.74, 6) is 2.37. The normalized spacial score (nSPS) is 22.2. The Balaban J connectivity index is 1.41. The number of hydrogen-bond acceptors (Lipinski definition) is 4. The molecule has 2 aromatic rings. The minimum Gasteiger partial charge on any atom is -0.336 e. The molecule has 1 aromatic carbocycles. The van der Waals surface area contributed by atoms with Crippen LogP contribution in [0.3, 0.4) is 0 Å². The molecule has 4 rings (SSSR count). The number of amides is 1. The molecule has 2 saturated carbocycles. The van der Waals surface area contributed by atoms with Crippen molar-refractivity contribution in [3.8, 4) is 11.4 Å². The molecule has 2 aliphatic carbocycles. The zero-order valence-corrected chi connectivity index (χ0v) is 17.9. The van der Waals surface area contributed by atoms with Gasteiger partial charge in [0.1, 0.15) is 0 Å². The second-order valence-electron chi connectivity index (χ2n) is 8.47. The third kappa shape index (κ3) is 4.27. The molecule has 0 saturated heterocycles. The number of rotatable bonds is 6. The predicted octanol–water partition coefficient (Wildman–Crippen LogP) is 4.45. The first-order chi connectivity index (χ1) is 13.5. The van der Waals surface area contributed by atoms with Crippen molar-refractivity contribution in [1.82, 2.24) is 19.7 Å². The maximum Gasteiger partial charge on any atom is 0.233 e. The van der Waals surface area contributed by atoms with Gasteiger partial charge in [-0.05, 0) is 51.4 Å². The molecule has 0 atom stereocenters. The molecule has 0 aliphatic heterocycles. The SMILES string of the molecule is Cc1ccc(-c2nnc(SCC(=O)N(C3CCC(C)CC3)C3CC3)n2C)cc1. The van der Waals surface area contributed by atoms with Gasteiger partial charge in [0, 0.05) is 24.7 Å². The van der Waals surface area contributed by atoms with Crippen molar-refractivity contribution in [2.45, 2.75) is 69.6 Å². The first-order valence-electron chi connectivity index (χ1n) is 10.4. The quantitative estimate of drug-likeness (QED) is 0.675. The second-order valence-corrected chi connectivity index (χ2v) is 9.41. The molecule has 5 nitrogen and oxygen atoms in total. The Kier molecular flexibility index (Phi) is 5.76. The van der Waals surface area contributed by atoms with Crippen LogP contribution in [0.5, 0.6) is 0 Å². The topological polar surface area (TPSA) is 51.0 Å². The number of carbonyl (C=O) groups is 1. The van der Waals surface area contributed by atoms with Gasteiger partial charge in [0.2, 0.25) is 5.91 Å². The average molecular weight is 399 g/mol. The minimum absolute atomic E-state index is 0.270. The molecule has 0 radical (unpaired) electrons. The lowest BCUT2D eigenvalue weighted by Gasteiger charge is -2.36. The van der Waals surface area contributed by atoms with Crippen LogP contribution in [-0.4, -0.2) is 43.4 Å². The van der Waals surface area contributed by atoms with Gasteiger partial charge in [-0.3, -0.25) is 4.79 Å². The number of aromatic nitrogens is 3. The van der Waals surface area contributed by atoms with Crippen LogP contribution in [0.2, 0.25) is 0 Å². The predicted molar refractivity (Wildman–Crippen MR) is 113 cm³/mol. The summed E-state index contributed by atoms with van der Waals surface area (Å²) >= 11 is 1.51. The van der Waals surface area contributed by atoms with E-state index in [1.165, 1.54) is 43.0 Å². The van der Waals surface area contributed by atoms with Gasteiger partial charge >= 0.3 is 0 Å². The van der Waals surface area contributed by atoms with E-state index in [2.05, 4.69) is 53.2 Å². The third-order valence-corrected chi connectivity index (χ3v) is 7.08. The van der Waals surface area contributed by atoms with Crippen LogP contribution in [0, 0.1) is 12.8 Å². The number of aryl methyl sites for hydroxylation is 1. The summed E-state index contributed by atoms with van der Waals surface area (Å²) < 4.78 is 1.99. The fourth-order valence-corrected chi connectivity index (χ4v) is 4.95. The van der Waals surface area contributed by atoms with E-state index in [0.717, 1.165) is 35.3 Å². The Labute approximate surface area is 171 Å². The number of nitrogens with zero attached hydrogens (tertiary/aromatic N) is 4. The van der Waals surface area contributed by atoms with Crippen LogP contribution in [0.1, 0.15) is 51.0 Å². The standard InChI is InChI=1S/C22H30N4OS/c1-15-4-8-17(9-5-15)21-23-24-22(25(21)3)28-14-20(27)26(19-12-13-19)18-10-6-16(2)7-11-18/h4-5,8-9,16,18-19H,6-7,10-14H2,1-3H3. The van der Waals surface area contributed by atoms with E-state index in [0.29, 0.717) is 17.8 Å². The van der Waals surface area contributed by atoms with E-state index < -0.39 is 0 Å². The molecule has 2 fully saturated rings. The lowest BCUT2D eigenvalue weighted by molar-refractivity contribution is -0.132. The van der Waals surface area contributed by atoms with Gasteiger partial charge in [-0.1, -0.05) is 48.5 Å². The maximum atomic E-state index is 13.1. The first kappa shape index (κ1) is 19.5. The zero-order valence-electron chi connectivity index (χ0n) is 17.1. The van der Waals surface area contributed by atoms with Gasteiger partial charge in [0.15, 0.2) is 11.0 Å². The molecular weight excluding hydrogens is 368 g/mol. The largest absolute Gasteiger partial charge is 0.336 e. The van der Waals surface area contributed by atoms with Gasteiger partial charge in [0.25, 0.3) is 0 Å². The summed E-state index contributed by atoms with van der Waals surface area (Å²) in [6, 6.07) is 9.22. The highest BCUT2D eigenvalue weighted by molar-refractivity contribution is 7.99. The van der Waals surface area contributed by atoms with Crippen LogP contribution < -0.4 is 0 Å². The van der Waals surface area contributed by atoms with Gasteiger partial charge in [-0.2, -0.15) is 0 Å². The van der Waals surface area contributed by atoms with Gasteiger partial charge in [-0.15, -0.1) is 10.2 Å². The molecular formula is C22H30N4OS. The molecule has 6 heteroatoms. The smallest absolute Gasteiger partial charge is 0.233 e. The summed E-state index contributed by atoms with van der Waals surface area (Å²) in [7, 11) is 1.98. The maximum absolute atomic E-state index is 13.1. The molecule has 2 aliphatic rings. The van der Waals surface area contributed by atoms with Crippen molar-refractivity contribution in [1.29, 1.82) is 0 Å². The second kappa shape index (κ2) is 8.27. The Bertz CT molecular complexity index is 820. The van der Waals surface area contributed by atoms with Crippen LogP contribution in [-0.2, 0) is 11.8 Å². The Hall–Kier alpha value is -1.82. The van der Waals surface area contributed by atoms with E-state index in [1.54, 1.807) is 0 Å². The van der Waals surface area contributed by atoms with E-state index >= 15 is 0 Å². The summed E-state index contributed by atoms with van der Waals surface area (Å²) in [4.78, 5) is 15.3. The van der Waals surface area contributed by atoms with Gasteiger partial charge in [0.05, 0.1) is 5.75 Å². The number of thioether (sulfide) groups is 1. The number of benzene rings is 1. The highest BCUT2D eigenvalue weighted by Crippen LogP contribution is 2.36. The summed E-state index contributed by atoms with van der Waals surface area (Å²) in [5, 5.41) is 9.49. The van der Waals surface area contributed by atoms with Crippen molar-refractivity contribution < 1.29 is 4.79 Å². The van der Waals surface area contributed by atoms with Crippen molar-refractivity contribution in [3.63, 3.8) is 0 Å². The Morgan fingerprint density at radius 3 is 2.29 bits per heavy atom. The summed E-state index contributed by atoms with van der Waals surface area (Å²) in [6.45, 7) is 4.40. The van der Waals surface area contributed by atoms with Crippen molar-refractivity contribution in [3.05, 3.63) is 29.8 Å². The Morgan fingerprint density at radius 2 is 1.68 bits per heavy atom. The van der Waals surface area contributed by atoms with Gasteiger partial charge in [-0.25, -0.2) is 0 Å². The van der Waals surface area contributed by atoms with Crippen LogP contribution >= 0.6 is 11.8 Å². The zero-order chi connectivity index (χ0) is 19.7. The third-order valence-electron chi connectivity index (χ3n) is 6.08. The molecule has 0 N–H and O–H groups in total. The molecule has 1 aromatic heterocycles. The average Bonchev–Trinajstić information content (AvgIpc) is 3.45.